The molecular weight excluding hydrogens is 194 g/mol. The second-order valence-corrected chi connectivity index (χ2v) is 5.65. The highest BCUT2D eigenvalue weighted by Gasteiger charge is 2.37. The van der Waals surface area contributed by atoms with Gasteiger partial charge in [-0.25, -0.2) is 0 Å². The van der Waals surface area contributed by atoms with Crippen LogP contribution in [-0.4, -0.2) is 28.1 Å². The third kappa shape index (κ3) is 2.25. The van der Waals surface area contributed by atoms with E-state index < -0.39 is 0 Å². The quantitative estimate of drug-likeness (QED) is 0.701. The Balaban J connectivity index is 2.70. The van der Waals surface area contributed by atoms with Gasteiger partial charge in [0.1, 0.15) is 0 Å². The Morgan fingerprint density at radius 1 is 1.43 bits per heavy atom. The summed E-state index contributed by atoms with van der Waals surface area (Å²) in [4.78, 5) is 14.0. The van der Waals surface area contributed by atoms with Crippen molar-refractivity contribution in [1.29, 1.82) is 0 Å². The minimum atomic E-state index is -0.146. The van der Waals surface area contributed by atoms with E-state index in [1.165, 1.54) is 0 Å². The van der Waals surface area contributed by atoms with Crippen molar-refractivity contribution in [1.82, 2.24) is 4.90 Å². The minimum Gasteiger partial charge on any atom is -0.337 e. The van der Waals surface area contributed by atoms with Crippen molar-refractivity contribution in [3.63, 3.8) is 0 Å². The van der Waals surface area contributed by atoms with Gasteiger partial charge >= 0.3 is 0 Å². The van der Waals surface area contributed by atoms with Crippen molar-refractivity contribution < 1.29 is 4.79 Å². The molecule has 0 bridgehead atoms. The summed E-state index contributed by atoms with van der Waals surface area (Å²) in [6.07, 6.45) is 2.23. The summed E-state index contributed by atoms with van der Waals surface area (Å²) in [5, 5.41) is -0.146. The molecule has 3 heteroatoms. The molecule has 0 radical (unpaired) electrons. The first-order chi connectivity index (χ1) is 6.36. The van der Waals surface area contributed by atoms with Gasteiger partial charge in [-0.05, 0) is 32.6 Å². The van der Waals surface area contributed by atoms with E-state index in [-0.39, 0.29) is 16.7 Å². The first-order valence-electron chi connectivity index (χ1n) is 5.36. The minimum absolute atomic E-state index is 0.0347. The number of amides is 1. The largest absolute Gasteiger partial charge is 0.337 e. The molecule has 1 saturated heterocycles. The normalized spacial score (nSPS) is 22.9. The van der Waals surface area contributed by atoms with Gasteiger partial charge < -0.3 is 4.90 Å². The molecule has 2 nitrogen and oxygen atoms in total. The number of nitrogens with zero attached hydrogens (tertiary/aromatic N) is 1. The van der Waals surface area contributed by atoms with Crippen molar-refractivity contribution in [2.75, 3.05) is 6.54 Å². The molecule has 1 unspecified atom stereocenters. The van der Waals surface area contributed by atoms with Gasteiger partial charge in [0.2, 0.25) is 5.91 Å². The van der Waals surface area contributed by atoms with E-state index in [4.69, 9.17) is 0 Å². The summed E-state index contributed by atoms with van der Waals surface area (Å²) in [6, 6.07) is 0. The van der Waals surface area contributed by atoms with Crippen LogP contribution < -0.4 is 0 Å². The fourth-order valence-corrected chi connectivity index (χ4v) is 2.10. The van der Waals surface area contributed by atoms with Gasteiger partial charge in [0, 0.05) is 12.1 Å². The van der Waals surface area contributed by atoms with Crippen molar-refractivity contribution in [2.45, 2.75) is 51.3 Å². The molecule has 14 heavy (non-hydrogen) atoms. The topological polar surface area (TPSA) is 20.3 Å². The van der Waals surface area contributed by atoms with Crippen LogP contribution in [-0.2, 0) is 4.79 Å². The maximum Gasteiger partial charge on any atom is 0.236 e. The lowest BCUT2D eigenvalue weighted by Gasteiger charge is -2.34. The number of rotatable bonds is 2. The lowest BCUT2D eigenvalue weighted by atomic mass is 10.0. The highest BCUT2D eigenvalue weighted by Crippen LogP contribution is 2.30. The second-order valence-electron chi connectivity index (χ2n) is 5.09. The van der Waals surface area contributed by atoms with E-state index >= 15 is 0 Å². The number of thiol groups is 1. The molecule has 82 valence electrons. The van der Waals surface area contributed by atoms with Gasteiger partial charge in [-0.2, -0.15) is 12.6 Å². The van der Waals surface area contributed by atoms with E-state index in [0.717, 1.165) is 19.4 Å². The fourth-order valence-electron chi connectivity index (χ4n) is 1.96. The zero-order chi connectivity index (χ0) is 10.9. The molecule has 0 aliphatic carbocycles. The maximum atomic E-state index is 12.1. The molecule has 0 aromatic rings. The molecule has 0 saturated carbocycles. The number of carbonyl (C=O) groups excluding carboxylic acids is 1. The molecule has 1 aliphatic rings. The smallest absolute Gasteiger partial charge is 0.236 e. The Morgan fingerprint density at radius 3 is 2.36 bits per heavy atom. The lowest BCUT2D eigenvalue weighted by Crippen LogP contribution is -2.47. The summed E-state index contributed by atoms with van der Waals surface area (Å²) < 4.78 is 0. The highest BCUT2D eigenvalue weighted by molar-refractivity contribution is 7.81. The Labute approximate surface area is 92.5 Å². The first kappa shape index (κ1) is 11.9. The average molecular weight is 215 g/mol. The van der Waals surface area contributed by atoms with Crippen LogP contribution in [0.4, 0.5) is 0 Å². The summed E-state index contributed by atoms with van der Waals surface area (Å²) in [5.41, 5.74) is 0.0347. The van der Waals surface area contributed by atoms with Crippen molar-refractivity contribution in [2.24, 2.45) is 5.92 Å². The van der Waals surface area contributed by atoms with Gasteiger partial charge in [-0.15, -0.1) is 0 Å². The van der Waals surface area contributed by atoms with Gasteiger partial charge in [-0.1, -0.05) is 13.8 Å². The Bertz CT molecular complexity index is 225. The molecule has 1 fully saturated rings. The van der Waals surface area contributed by atoms with E-state index in [1.54, 1.807) is 0 Å². The Hall–Kier alpha value is -0.180. The van der Waals surface area contributed by atoms with Crippen LogP contribution in [0, 0.1) is 5.92 Å². The summed E-state index contributed by atoms with van der Waals surface area (Å²) in [7, 11) is 0. The third-order valence-electron chi connectivity index (χ3n) is 3.05. The van der Waals surface area contributed by atoms with Gasteiger partial charge in [0.05, 0.1) is 5.25 Å². The van der Waals surface area contributed by atoms with E-state index in [1.807, 2.05) is 18.7 Å². The number of likely N-dealkylation sites (tertiary alicyclic amines) is 1. The molecule has 1 aliphatic heterocycles. The Kier molecular flexibility index (Phi) is 3.51. The molecule has 0 spiro atoms. The summed E-state index contributed by atoms with van der Waals surface area (Å²) >= 11 is 4.38. The van der Waals surface area contributed by atoms with Crippen LogP contribution in [0.15, 0.2) is 0 Å². The molecule has 1 atom stereocenters. The zero-order valence-corrected chi connectivity index (χ0v) is 10.5. The molecule has 1 rings (SSSR count). The van der Waals surface area contributed by atoms with Gasteiger partial charge in [0.15, 0.2) is 0 Å². The van der Waals surface area contributed by atoms with Crippen molar-refractivity contribution >= 4 is 18.5 Å². The zero-order valence-electron chi connectivity index (χ0n) is 9.58. The molecule has 0 N–H and O–H groups in total. The number of hydrogen-bond donors (Lipinski definition) is 1. The third-order valence-corrected chi connectivity index (χ3v) is 3.87. The monoisotopic (exact) mass is 215 g/mol. The molecule has 1 amide bonds. The molecular formula is C11H21NOS. The van der Waals surface area contributed by atoms with Crippen LogP contribution in [0.3, 0.4) is 0 Å². The summed E-state index contributed by atoms with van der Waals surface area (Å²) in [6.45, 7) is 9.25. The fraction of sp³-hybridized carbons (Fsp3) is 0.909. The number of hydrogen-bond acceptors (Lipinski definition) is 2. The highest BCUT2D eigenvalue weighted by atomic mass is 32.1. The van der Waals surface area contributed by atoms with Crippen LogP contribution in [0.1, 0.15) is 40.5 Å². The standard InChI is InChI=1S/C11H21NOS/c1-8(2)9(14)10(13)12-7-5-6-11(12,3)4/h8-9,14H,5-7H2,1-4H3. The van der Waals surface area contributed by atoms with E-state index in [2.05, 4.69) is 26.5 Å². The van der Waals surface area contributed by atoms with Crippen molar-refractivity contribution in [3.8, 4) is 0 Å². The summed E-state index contributed by atoms with van der Waals surface area (Å²) in [5.74, 6) is 0.507. The van der Waals surface area contributed by atoms with Gasteiger partial charge in [-0.3, -0.25) is 4.79 Å². The van der Waals surface area contributed by atoms with Crippen LogP contribution in [0.25, 0.3) is 0 Å². The van der Waals surface area contributed by atoms with Crippen LogP contribution >= 0.6 is 12.6 Å². The van der Waals surface area contributed by atoms with E-state index in [0.29, 0.717) is 5.92 Å². The first-order valence-corrected chi connectivity index (χ1v) is 5.87. The average Bonchev–Trinajstić information content (AvgIpc) is 2.42. The predicted octanol–water partition coefficient (Wildman–Crippen LogP) is 2.34. The lowest BCUT2D eigenvalue weighted by molar-refractivity contribution is -0.134. The van der Waals surface area contributed by atoms with Crippen molar-refractivity contribution in [3.05, 3.63) is 0 Å². The second kappa shape index (κ2) is 4.13. The van der Waals surface area contributed by atoms with E-state index in [9.17, 15) is 4.79 Å². The predicted molar refractivity (Wildman–Crippen MR) is 62.6 cm³/mol. The molecule has 0 aromatic carbocycles. The van der Waals surface area contributed by atoms with Gasteiger partial charge in [0.25, 0.3) is 0 Å². The number of carbonyl (C=O) groups is 1. The Morgan fingerprint density at radius 2 is 2.00 bits per heavy atom. The van der Waals surface area contributed by atoms with Crippen LogP contribution in [0.2, 0.25) is 0 Å². The maximum absolute atomic E-state index is 12.1. The molecule has 1 heterocycles. The molecule has 0 aromatic heterocycles. The SMILES string of the molecule is CC(C)C(S)C(=O)N1CCCC1(C)C. The van der Waals surface area contributed by atoms with Crippen LogP contribution in [0.5, 0.6) is 0 Å².